The van der Waals surface area contributed by atoms with Crippen molar-refractivity contribution < 1.29 is 9.18 Å². The summed E-state index contributed by atoms with van der Waals surface area (Å²) >= 11 is 0. The number of nitrogens with one attached hydrogen (secondary N) is 2. The van der Waals surface area contributed by atoms with Crippen molar-refractivity contribution in [2.45, 2.75) is 32.7 Å². The van der Waals surface area contributed by atoms with Gasteiger partial charge in [0.05, 0.1) is 18.2 Å². The summed E-state index contributed by atoms with van der Waals surface area (Å²) in [6, 6.07) is 6.98. The van der Waals surface area contributed by atoms with Crippen molar-refractivity contribution in [3.8, 4) is 25.7 Å². The van der Waals surface area contributed by atoms with Gasteiger partial charge in [-0.25, -0.2) is 14.5 Å². The number of pyridine rings is 1. The van der Waals surface area contributed by atoms with E-state index in [1.807, 2.05) is 35.4 Å². The molecule has 5 heterocycles. The van der Waals surface area contributed by atoms with Crippen LogP contribution in [0.15, 0.2) is 49.2 Å². The summed E-state index contributed by atoms with van der Waals surface area (Å²) in [4.78, 5) is 24.5. The molecule has 10 nitrogen and oxygen atoms in total. The molecule has 4 aromatic heterocycles. The zero-order valence-corrected chi connectivity index (χ0v) is 20.8. The molecule has 0 radical (unpaired) electrons. The van der Waals surface area contributed by atoms with Crippen LogP contribution in [0.3, 0.4) is 0 Å². The smallest absolute Gasteiger partial charge is 0.245 e. The van der Waals surface area contributed by atoms with Crippen LogP contribution in [0.5, 0.6) is 0 Å². The van der Waals surface area contributed by atoms with Crippen molar-refractivity contribution in [3.63, 3.8) is 0 Å². The molecular formula is C26H30FN9O. The quantitative estimate of drug-likeness (QED) is 0.231. The molecule has 192 valence electrons. The van der Waals surface area contributed by atoms with E-state index < -0.39 is 5.95 Å². The second-order valence-electron chi connectivity index (χ2n) is 7.85. The number of carbonyl (C=O) groups is 1. The number of nitrogens with zero attached hydrogens (tertiary/aromatic N) is 7. The lowest BCUT2D eigenvalue weighted by molar-refractivity contribution is -0.105. The molecule has 1 fully saturated rings. The predicted octanol–water partition coefficient (Wildman–Crippen LogP) is 4.14. The Morgan fingerprint density at radius 1 is 1.08 bits per heavy atom. The number of hydrogen-bond donors (Lipinski definition) is 2. The number of amides is 1. The SMILES string of the molecule is C#C.C#C.CC(C)n1cnc(Nc2nc(N3CCCC3)nn3cccc23)c1.O=CNc1ccc(F)nc1. The monoisotopic (exact) mass is 503 g/mol. The predicted molar refractivity (Wildman–Crippen MR) is 144 cm³/mol. The summed E-state index contributed by atoms with van der Waals surface area (Å²) in [5.41, 5.74) is 1.43. The maximum Gasteiger partial charge on any atom is 0.245 e. The van der Waals surface area contributed by atoms with E-state index in [9.17, 15) is 9.18 Å². The van der Waals surface area contributed by atoms with Crippen LogP contribution >= 0.6 is 0 Å². The van der Waals surface area contributed by atoms with Crippen molar-refractivity contribution in [3.05, 3.63) is 55.1 Å². The molecule has 5 rings (SSSR count). The third kappa shape index (κ3) is 7.80. The lowest BCUT2D eigenvalue weighted by Crippen LogP contribution is -2.22. The number of carbonyl (C=O) groups excluding carboxylic acids is 1. The van der Waals surface area contributed by atoms with Crippen LogP contribution in [-0.4, -0.2) is 48.6 Å². The van der Waals surface area contributed by atoms with E-state index in [4.69, 9.17) is 4.98 Å². The zero-order chi connectivity index (χ0) is 27.2. The molecule has 4 aromatic rings. The highest BCUT2D eigenvalue weighted by Gasteiger charge is 2.18. The van der Waals surface area contributed by atoms with Crippen molar-refractivity contribution in [2.75, 3.05) is 28.6 Å². The first kappa shape index (κ1) is 28.3. The Balaban J connectivity index is 0.000000289. The number of halogens is 1. The third-order valence-corrected chi connectivity index (χ3v) is 5.17. The standard InChI is InChI=1S/C16H21N7.C6H5FN2O.2C2H2/c1-12(2)22-10-14(17-11-22)18-15-13-6-5-9-23(13)20-16(19-15)21-7-3-4-8-21;7-6-2-1-5(3-8-6)9-4-10;2*1-2/h5-6,9-12H,3-4,7-8H2,1-2H3,(H,18,19,20);1-4H,(H,9,10);2*1-2H. The van der Waals surface area contributed by atoms with Gasteiger partial charge in [-0.05, 0) is 51.0 Å². The van der Waals surface area contributed by atoms with Gasteiger partial charge in [-0.2, -0.15) is 9.37 Å². The van der Waals surface area contributed by atoms with Gasteiger partial charge in [0.2, 0.25) is 18.3 Å². The summed E-state index contributed by atoms with van der Waals surface area (Å²) in [6.07, 6.45) is 25.9. The Hall–Kier alpha value is -4.90. The van der Waals surface area contributed by atoms with E-state index in [1.165, 1.54) is 31.2 Å². The van der Waals surface area contributed by atoms with Crippen LogP contribution in [0.4, 0.5) is 27.7 Å². The molecule has 1 aliphatic heterocycles. The van der Waals surface area contributed by atoms with E-state index in [2.05, 4.69) is 74.7 Å². The molecule has 37 heavy (non-hydrogen) atoms. The number of rotatable bonds is 6. The van der Waals surface area contributed by atoms with Gasteiger partial charge in [0.25, 0.3) is 0 Å². The van der Waals surface area contributed by atoms with Gasteiger partial charge in [-0.15, -0.1) is 30.8 Å². The Kier molecular flexibility index (Phi) is 11.1. The molecule has 0 spiro atoms. The van der Waals surface area contributed by atoms with Gasteiger partial charge in [0.1, 0.15) is 11.3 Å². The van der Waals surface area contributed by atoms with Crippen molar-refractivity contribution in [1.82, 2.24) is 29.1 Å². The summed E-state index contributed by atoms with van der Waals surface area (Å²) in [5.74, 6) is 1.81. The first-order valence-corrected chi connectivity index (χ1v) is 11.4. The Labute approximate surface area is 216 Å². The molecule has 0 aromatic carbocycles. The number of terminal acetylenes is 2. The zero-order valence-electron chi connectivity index (χ0n) is 20.8. The van der Waals surface area contributed by atoms with E-state index in [1.54, 1.807) is 0 Å². The minimum absolute atomic E-state index is 0.386. The maximum atomic E-state index is 12.1. The topological polar surface area (TPSA) is 105 Å². The highest BCUT2D eigenvalue weighted by molar-refractivity contribution is 5.73. The first-order chi connectivity index (χ1) is 18.0. The molecule has 1 aliphatic rings. The van der Waals surface area contributed by atoms with E-state index in [0.717, 1.165) is 36.2 Å². The molecule has 1 saturated heterocycles. The van der Waals surface area contributed by atoms with E-state index in [0.29, 0.717) is 18.1 Å². The van der Waals surface area contributed by atoms with Crippen LogP contribution in [-0.2, 0) is 4.79 Å². The van der Waals surface area contributed by atoms with Gasteiger partial charge in [0, 0.05) is 31.5 Å². The fourth-order valence-corrected chi connectivity index (χ4v) is 3.40. The van der Waals surface area contributed by atoms with Crippen LogP contribution in [0.2, 0.25) is 0 Å². The molecule has 0 bridgehead atoms. The van der Waals surface area contributed by atoms with Crippen molar-refractivity contribution in [1.29, 1.82) is 0 Å². The van der Waals surface area contributed by atoms with Crippen molar-refractivity contribution in [2.24, 2.45) is 0 Å². The molecule has 1 amide bonds. The summed E-state index contributed by atoms with van der Waals surface area (Å²) in [6.45, 7) is 6.31. The Bertz CT molecular complexity index is 1280. The third-order valence-electron chi connectivity index (χ3n) is 5.17. The fourth-order valence-electron chi connectivity index (χ4n) is 3.40. The summed E-state index contributed by atoms with van der Waals surface area (Å²) in [5, 5.41) is 10.3. The van der Waals surface area contributed by atoms with Gasteiger partial charge in [-0.1, -0.05) is 0 Å². The molecule has 0 unspecified atom stereocenters. The number of hydrogen-bond acceptors (Lipinski definition) is 7. The van der Waals surface area contributed by atoms with Crippen LogP contribution in [0, 0.1) is 31.6 Å². The van der Waals surface area contributed by atoms with Gasteiger partial charge < -0.3 is 20.1 Å². The van der Waals surface area contributed by atoms with Crippen LogP contribution in [0.1, 0.15) is 32.7 Å². The van der Waals surface area contributed by atoms with Gasteiger partial charge in [0.15, 0.2) is 5.82 Å². The number of anilines is 4. The lowest BCUT2D eigenvalue weighted by Gasteiger charge is -2.16. The first-order valence-electron chi connectivity index (χ1n) is 11.4. The molecular weight excluding hydrogens is 473 g/mol. The lowest BCUT2D eigenvalue weighted by atomic mass is 10.4. The highest BCUT2D eigenvalue weighted by Crippen LogP contribution is 2.24. The summed E-state index contributed by atoms with van der Waals surface area (Å²) < 4.78 is 16.0. The maximum absolute atomic E-state index is 12.1. The van der Waals surface area contributed by atoms with Crippen LogP contribution in [0.25, 0.3) is 5.52 Å². The molecule has 2 N–H and O–H groups in total. The molecule has 0 atom stereocenters. The fraction of sp³-hybridized carbons (Fsp3) is 0.269. The van der Waals surface area contributed by atoms with Gasteiger partial charge >= 0.3 is 0 Å². The normalized spacial score (nSPS) is 11.8. The Morgan fingerprint density at radius 3 is 2.41 bits per heavy atom. The number of aromatic nitrogens is 6. The minimum atomic E-state index is -0.559. The molecule has 11 heteroatoms. The second-order valence-corrected chi connectivity index (χ2v) is 7.85. The number of fused-ring (bicyclic) bond motifs is 1. The van der Waals surface area contributed by atoms with E-state index in [-0.39, 0.29) is 0 Å². The highest BCUT2D eigenvalue weighted by atomic mass is 19.1. The van der Waals surface area contributed by atoms with Crippen LogP contribution < -0.4 is 15.5 Å². The Morgan fingerprint density at radius 2 is 1.81 bits per heavy atom. The average Bonchev–Trinajstić information content (AvgIpc) is 3.70. The minimum Gasteiger partial charge on any atom is -0.340 e. The molecule has 0 saturated carbocycles. The second kappa shape index (κ2) is 14.5. The number of imidazole rings is 1. The van der Waals surface area contributed by atoms with Gasteiger partial charge in [-0.3, -0.25) is 4.79 Å². The average molecular weight is 504 g/mol. The largest absolute Gasteiger partial charge is 0.340 e. The van der Waals surface area contributed by atoms with Crippen molar-refractivity contribution >= 4 is 35.2 Å². The van der Waals surface area contributed by atoms with E-state index >= 15 is 0 Å². The molecule has 0 aliphatic carbocycles. The summed E-state index contributed by atoms with van der Waals surface area (Å²) in [7, 11) is 0.